The van der Waals surface area contributed by atoms with Crippen LogP contribution in [0, 0.1) is 0 Å². The molecule has 0 bridgehead atoms. The number of aliphatic hydroxyl groups excluding tert-OH is 3. The van der Waals surface area contributed by atoms with Crippen molar-refractivity contribution in [3.8, 4) is 0 Å². The number of nitrogens with two attached hydrogens (primary N) is 1. The summed E-state index contributed by atoms with van der Waals surface area (Å²) < 4.78 is 56.5. The molecule has 428 valence electrons. The van der Waals surface area contributed by atoms with Gasteiger partial charge in [0, 0.05) is 19.0 Å². The topological polar surface area (TPSA) is 286 Å². The molecule has 1 fully saturated rings. The predicted molar refractivity (Wildman–Crippen MR) is 299 cm³/mol. The SMILES string of the molecule is CC/C=C\C/C=C\C/C=C\C/C=C\C/C=C\C=C/C(O)CCC(=O)OC[C@H](COP(=O)(O)OP(=O)(O)OC[C@H]1O[C@@H](n2ccc(N)nc2=O)[C@H](O)[C@@H]1O)OC(=O)CC/C=C\C/C=C\C/C=C\C/C=C\C/C=C\CCCCC. The van der Waals surface area contributed by atoms with Gasteiger partial charge in [0.1, 0.15) is 30.7 Å². The van der Waals surface area contributed by atoms with Crippen LogP contribution in [0.2, 0.25) is 0 Å². The second kappa shape index (κ2) is 41.9. The van der Waals surface area contributed by atoms with Gasteiger partial charge < -0.3 is 45.1 Å². The number of phosphoric acid groups is 2. The van der Waals surface area contributed by atoms with Crippen LogP contribution < -0.4 is 11.4 Å². The summed E-state index contributed by atoms with van der Waals surface area (Å²) in [4.78, 5) is 62.0. The minimum Gasteiger partial charge on any atom is -0.462 e. The summed E-state index contributed by atoms with van der Waals surface area (Å²) in [5.74, 6) is -1.71. The molecule has 1 aromatic heterocycles. The van der Waals surface area contributed by atoms with Gasteiger partial charge in [-0.15, -0.1) is 0 Å². The van der Waals surface area contributed by atoms with Crippen molar-refractivity contribution >= 4 is 33.4 Å². The molecular formula is C56H83N3O16P2. The predicted octanol–water partition coefficient (Wildman–Crippen LogP) is 10.3. The van der Waals surface area contributed by atoms with E-state index in [1.807, 2.05) is 30.4 Å². The maximum atomic E-state index is 12.9. The Labute approximate surface area is 454 Å². The van der Waals surface area contributed by atoms with Gasteiger partial charge in [0.2, 0.25) is 0 Å². The molecule has 0 aromatic carbocycles. The average Bonchev–Trinajstić information content (AvgIpc) is 3.67. The Bertz CT molecular complexity index is 2340. The van der Waals surface area contributed by atoms with Crippen LogP contribution in [0.5, 0.6) is 0 Å². The fourth-order valence-electron chi connectivity index (χ4n) is 6.76. The molecule has 8 atom stereocenters. The highest BCUT2D eigenvalue weighted by molar-refractivity contribution is 7.61. The van der Waals surface area contributed by atoms with Gasteiger partial charge in [0.15, 0.2) is 12.3 Å². The Morgan fingerprint density at radius 1 is 0.701 bits per heavy atom. The molecule has 1 aliphatic rings. The van der Waals surface area contributed by atoms with Crippen molar-refractivity contribution in [3.05, 3.63) is 156 Å². The van der Waals surface area contributed by atoms with Crippen molar-refractivity contribution < 1.29 is 71.4 Å². The molecule has 0 radical (unpaired) electrons. The first kappa shape index (κ1) is 68.0. The number of unbranched alkanes of at least 4 members (excludes halogenated alkanes) is 3. The summed E-state index contributed by atoms with van der Waals surface area (Å²) in [6.45, 7) is 1.69. The van der Waals surface area contributed by atoms with Crippen LogP contribution in [0.15, 0.2) is 151 Å². The van der Waals surface area contributed by atoms with Gasteiger partial charge in [-0.25, -0.2) is 13.9 Å². The Morgan fingerprint density at radius 2 is 1.23 bits per heavy atom. The maximum Gasteiger partial charge on any atom is 0.481 e. The normalized spacial score (nSPS) is 20.1. The van der Waals surface area contributed by atoms with Crippen molar-refractivity contribution in [1.82, 2.24) is 9.55 Å². The van der Waals surface area contributed by atoms with Gasteiger partial charge in [-0.2, -0.15) is 9.29 Å². The first-order valence-corrected chi connectivity index (χ1v) is 29.3. The van der Waals surface area contributed by atoms with E-state index >= 15 is 0 Å². The number of hydrogen-bond donors (Lipinski definition) is 6. The van der Waals surface area contributed by atoms with E-state index in [2.05, 4.69) is 102 Å². The number of carbonyl (C=O) groups is 2. The number of allylic oxidation sites excluding steroid dienone is 21. The van der Waals surface area contributed by atoms with Gasteiger partial charge >= 0.3 is 33.3 Å². The van der Waals surface area contributed by atoms with E-state index in [0.717, 1.165) is 62.1 Å². The van der Waals surface area contributed by atoms with Gasteiger partial charge in [0.05, 0.1) is 19.3 Å². The lowest BCUT2D eigenvalue weighted by Gasteiger charge is -2.21. The van der Waals surface area contributed by atoms with Crippen LogP contribution in [0.1, 0.15) is 129 Å². The van der Waals surface area contributed by atoms with Crippen LogP contribution >= 0.6 is 15.6 Å². The molecule has 0 amide bonds. The zero-order valence-electron chi connectivity index (χ0n) is 44.6. The summed E-state index contributed by atoms with van der Waals surface area (Å²) >= 11 is 0. The Kier molecular flexibility index (Phi) is 37.0. The van der Waals surface area contributed by atoms with E-state index in [1.165, 1.54) is 31.4 Å². The molecule has 0 spiro atoms. The number of hydrogen-bond acceptors (Lipinski definition) is 16. The van der Waals surface area contributed by atoms with Gasteiger partial charge in [0.25, 0.3) is 0 Å². The van der Waals surface area contributed by atoms with Crippen molar-refractivity contribution in [2.75, 3.05) is 25.6 Å². The second-order valence-corrected chi connectivity index (χ2v) is 20.5. The molecule has 2 rings (SSSR count). The molecule has 2 heterocycles. The molecule has 19 nitrogen and oxygen atoms in total. The molecular weight excluding hydrogens is 1030 g/mol. The van der Waals surface area contributed by atoms with Gasteiger partial charge in [-0.1, -0.05) is 160 Å². The Balaban J connectivity index is 1.89. The number of anilines is 1. The Hall–Kier alpha value is -5.14. The average molecular weight is 1120 g/mol. The summed E-state index contributed by atoms with van der Waals surface area (Å²) in [7, 11) is -11.0. The first-order valence-electron chi connectivity index (χ1n) is 26.3. The number of nitrogens with zero attached hydrogens (tertiary/aromatic N) is 2. The number of esters is 2. The minimum atomic E-state index is -5.51. The van der Waals surface area contributed by atoms with Gasteiger partial charge in [-0.3, -0.25) is 23.2 Å². The summed E-state index contributed by atoms with van der Waals surface area (Å²) in [5, 5.41) is 31.3. The van der Waals surface area contributed by atoms with E-state index in [4.69, 9.17) is 29.0 Å². The molecule has 1 aliphatic heterocycles. The second-order valence-electron chi connectivity index (χ2n) is 17.5. The maximum absolute atomic E-state index is 12.9. The van der Waals surface area contributed by atoms with Crippen LogP contribution in [0.25, 0.3) is 0 Å². The third kappa shape index (κ3) is 34.4. The number of rotatable bonds is 41. The first-order chi connectivity index (χ1) is 37.1. The van der Waals surface area contributed by atoms with E-state index in [0.29, 0.717) is 12.8 Å². The highest BCUT2D eigenvalue weighted by Gasteiger charge is 2.46. The monoisotopic (exact) mass is 1120 g/mol. The van der Waals surface area contributed by atoms with Crippen LogP contribution in [0.4, 0.5) is 5.82 Å². The lowest BCUT2D eigenvalue weighted by atomic mass is 10.1. The minimum absolute atomic E-state index is 0.0144. The van der Waals surface area contributed by atoms with Crippen molar-refractivity contribution in [2.45, 2.75) is 160 Å². The molecule has 1 saturated heterocycles. The third-order valence-electron chi connectivity index (χ3n) is 10.9. The zero-order valence-corrected chi connectivity index (χ0v) is 46.3. The fraction of sp³-hybridized carbons (Fsp3) is 0.500. The lowest BCUT2D eigenvalue weighted by molar-refractivity contribution is -0.161. The highest BCUT2D eigenvalue weighted by atomic mass is 31.3. The lowest BCUT2D eigenvalue weighted by Crippen LogP contribution is -2.36. The van der Waals surface area contributed by atoms with Crippen molar-refractivity contribution in [3.63, 3.8) is 0 Å². The fourth-order valence-corrected chi connectivity index (χ4v) is 8.87. The third-order valence-corrected chi connectivity index (χ3v) is 13.5. The van der Waals surface area contributed by atoms with E-state index in [1.54, 1.807) is 18.2 Å². The number of phosphoric ester groups is 2. The Morgan fingerprint density at radius 3 is 1.79 bits per heavy atom. The molecule has 21 heteroatoms. The van der Waals surface area contributed by atoms with Crippen molar-refractivity contribution in [2.24, 2.45) is 0 Å². The zero-order chi connectivity index (χ0) is 56.4. The van der Waals surface area contributed by atoms with Crippen LogP contribution in [-0.4, -0.2) is 96.9 Å². The number of aliphatic hydroxyl groups is 3. The summed E-state index contributed by atoms with van der Waals surface area (Å²) in [5.41, 5.74) is 4.56. The molecule has 0 saturated carbocycles. The molecule has 1 aromatic rings. The quantitative estimate of drug-likeness (QED) is 0.0117. The molecule has 7 N–H and O–H groups in total. The number of aromatic nitrogens is 2. The van der Waals surface area contributed by atoms with E-state index in [-0.39, 0.29) is 31.5 Å². The number of carbonyl (C=O) groups excluding carboxylic acids is 2. The summed E-state index contributed by atoms with van der Waals surface area (Å²) in [6.07, 6.45) is 48.7. The van der Waals surface area contributed by atoms with Crippen molar-refractivity contribution in [1.29, 1.82) is 0 Å². The smallest absolute Gasteiger partial charge is 0.462 e. The molecule has 77 heavy (non-hydrogen) atoms. The molecule has 3 unspecified atom stereocenters. The van der Waals surface area contributed by atoms with Crippen LogP contribution in [0.3, 0.4) is 0 Å². The standard InChI is InChI=1S/C56H83N3O16P2/c1-3-5-7-9-11-13-15-17-19-21-22-23-25-27-29-31-33-35-37-39-52(62)73-48(44-70-51(61)41-40-47(60)38-36-34-32-30-28-26-24-20-18-16-14-12-10-8-6-4-2)45-71-76(66,67)75-77(68,69)72-46-49-53(63)54(64)55(74-49)59-43-42-50(57)58-56(59)65/h6,8,11-14,17-20,22-23,26-29,32-36,38,42-43,47-49,53-55,60,63-64H,3-5,7,9-10,15-16,21,24-25,30-31,37,39-41,44-46H2,1-2H3,(H,66,67)(H,68,69)(H2,57,58,65)/b8-6-,13-11-,14-12-,19-17-,20-18-,23-22-,28-26-,29-27-,34-32-,35-33-,38-36-/t47?,48-,49-,53-,54-,55-/m1/s1. The van der Waals surface area contributed by atoms with E-state index in [9.17, 15) is 48.6 Å². The summed E-state index contributed by atoms with van der Waals surface area (Å²) in [6, 6.07) is 1.23. The van der Waals surface area contributed by atoms with Gasteiger partial charge in [-0.05, 0) is 89.5 Å². The number of ether oxygens (including phenoxy) is 3. The van der Waals surface area contributed by atoms with E-state index < -0.39 is 89.8 Å². The molecule has 0 aliphatic carbocycles. The van der Waals surface area contributed by atoms with Crippen LogP contribution in [-0.2, 0) is 46.3 Å². The largest absolute Gasteiger partial charge is 0.481 e. The number of nitrogen functional groups attached to an aromatic ring is 1. The highest BCUT2D eigenvalue weighted by Crippen LogP contribution is 2.60.